The second-order valence-electron chi connectivity index (χ2n) is 34.5. The molecule has 12 atom stereocenters. The minimum absolute atomic E-state index is 0. The van der Waals surface area contributed by atoms with E-state index in [-0.39, 0.29) is 132 Å². The molecule has 5 saturated carbocycles. The Morgan fingerprint density at radius 2 is 0.743 bits per heavy atom. The number of phenols is 1. The highest BCUT2D eigenvalue weighted by Gasteiger charge is 2.34. The Kier molecular flexibility index (Phi) is 65.9. The van der Waals surface area contributed by atoms with Gasteiger partial charge in [0.25, 0.3) is 10.1 Å². The van der Waals surface area contributed by atoms with E-state index >= 15 is 0 Å². The molecular weight excluding hydrogens is 1780 g/mol. The van der Waals surface area contributed by atoms with Crippen LogP contribution in [0.1, 0.15) is 323 Å². The molecule has 1 heterocycles. The molecule has 0 amide bonds. The van der Waals surface area contributed by atoms with Crippen LogP contribution in [-0.4, -0.2) is 177 Å². The highest BCUT2D eigenvalue weighted by Crippen LogP contribution is 2.35. The molecule has 6 aliphatic rings. The first-order chi connectivity index (χ1) is 65.0. The van der Waals surface area contributed by atoms with Crippen molar-refractivity contribution in [2.45, 2.75) is 316 Å². The third-order valence-electron chi connectivity index (χ3n) is 23.3. The molecule has 764 valence electrons. The lowest BCUT2D eigenvalue weighted by molar-refractivity contribution is -0.152. The van der Waals surface area contributed by atoms with Gasteiger partial charge >= 0.3 is 23.9 Å². The number of esters is 4. The van der Waals surface area contributed by atoms with Gasteiger partial charge in [0.05, 0.1) is 56.2 Å². The molecule has 136 heavy (non-hydrogen) atoms. The third kappa shape index (κ3) is 50.9. The molecule has 0 bridgehead atoms. The number of alkyl halides is 1. The molecule has 0 unspecified atom stereocenters. The van der Waals surface area contributed by atoms with Crippen molar-refractivity contribution in [1.82, 2.24) is 0 Å². The van der Waals surface area contributed by atoms with Crippen molar-refractivity contribution < 1.29 is 121 Å². The van der Waals surface area contributed by atoms with E-state index in [1.807, 2.05) is 125 Å². The molecule has 0 spiro atoms. The number of rotatable bonds is 35. The van der Waals surface area contributed by atoms with Crippen molar-refractivity contribution in [3.8, 4) is 28.7 Å². The Bertz CT molecular complexity index is 4310. The highest BCUT2D eigenvalue weighted by atomic mass is 35.5. The maximum atomic E-state index is 12.2. The lowest BCUT2D eigenvalue weighted by Crippen LogP contribution is -2.33. The number of hydrogen-bond donors (Lipinski definition) is 8. The van der Waals surface area contributed by atoms with Gasteiger partial charge < -0.3 is 79.4 Å². The molecule has 0 aromatic heterocycles. The Labute approximate surface area is 815 Å². The van der Waals surface area contributed by atoms with E-state index in [4.69, 9.17) is 73.8 Å². The summed E-state index contributed by atoms with van der Waals surface area (Å²) in [5, 5.41) is 46.7. The molecule has 6 aromatic rings. The number of carbonyl (C=O) groups excluding carboxylic acids is 7. The first kappa shape index (κ1) is 123. The fourth-order valence-electron chi connectivity index (χ4n) is 16.3. The second-order valence-corrected chi connectivity index (χ2v) is 36.1. The summed E-state index contributed by atoms with van der Waals surface area (Å²) >= 11 is 4.64. The summed E-state index contributed by atoms with van der Waals surface area (Å²) in [5.74, 6) is 3.32. The zero-order chi connectivity index (χ0) is 99.7. The number of aliphatic hydroxyl groups is 4. The van der Waals surface area contributed by atoms with Crippen LogP contribution in [0.15, 0.2) is 150 Å². The average molecular weight is 1950 g/mol. The predicted octanol–water partition coefficient (Wildman–Crippen LogP) is 21.2. The number of hydrogen-bond acceptors (Lipinski definition) is 27. The van der Waals surface area contributed by atoms with Gasteiger partial charge in [-0.2, -0.15) is 8.42 Å². The first-order valence-corrected chi connectivity index (χ1v) is 50.7. The number of ether oxygens (including phenoxy) is 9. The van der Waals surface area contributed by atoms with E-state index in [1.54, 1.807) is 37.3 Å². The van der Waals surface area contributed by atoms with Crippen LogP contribution in [0.2, 0.25) is 0 Å². The van der Waals surface area contributed by atoms with E-state index in [2.05, 4.69) is 18.5 Å². The number of carbonyl (C=O) groups is 7. The molecule has 6 aromatic carbocycles. The number of halogens is 1. The van der Waals surface area contributed by atoms with Crippen LogP contribution >= 0.6 is 11.6 Å². The standard InChI is InChI=1S/C19H28O4.C19H26O4.C18H27NO4.C17H24O3.C16H22O5S.C10H12O2.C4H8O.C2H6O.CH3Cl.H2N2.H2O.H2/c2*1-3-7-18(21)15-9-6-10-17(12-15)22-13-16-8-4-5-11-19(16)23-14(2)20;1-13(20)23-18-8-3-2-5-15(18)12-22-16-7-4-6-14(11-16)17(21)9-10-19;1-2-6-16(18)13-8-5-9-15(11-13)20-12-14-7-3-4-10-17(14)19;1-12-7-9-15(10-8-12)22(18,19)20-11-14-5-3-4-6-16(14)21-13(2)17;1-2-4-10(12)8-5-3-6-9(11)7-8;1-2-4-5-3-1;1-2-3;2*1-2;;/h6,9-10,12,16,18-19,21H,3-5,7-8,11,13H2,1-2H3;6,9-10,12,16,19H,3-5,7-8,11,13H2,1-2H3;4,6-7,11,15,17-18,21H,2-3,5,8-10,12,19H2,1H3;5,8-9,11,14,17,19H,2-4,6-7,10,12H2,1H3;7-10,14,16H,3-6,11H2,1-2H3;3,5-7,11H,2,4H2,1H3;1-4H2;3H,2H2,1H3;1H3;1-2H;1H2;1H/t16-,18+,19+;16-,19+;15-,17+,18+;14-,17+;14-,16+;;;;;;;/m00000......./s1. The van der Waals surface area contributed by atoms with Crippen LogP contribution in [0, 0.1) is 47.6 Å². The molecule has 1 saturated heterocycles. The Hall–Kier alpha value is -9.27. The van der Waals surface area contributed by atoms with Crippen LogP contribution in [0.3, 0.4) is 0 Å². The van der Waals surface area contributed by atoms with Crippen LogP contribution in [0.5, 0.6) is 28.7 Å². The van der Waals surface area contributed by atoms with Gasteiger partial charge in [-0.05, 0) is 239 Å². The molecule has 11 N–H and O–H groups in total. The third-order valence-corrected chi connectivity index (χ3v) is 24.6. The van der Waals surface area contributed by atoms with Gasteiger partial charge in [0, 0.05) is 121 Å². The summed E-state index contributed by atoms with van der Waals surface area (Å²) in [7, 11) is -3.77. The molecule has 28 nitrogen and oxygen atoms in total. The fourth-order valence-corrected chi connectivity index (χ4v) is 17.2. The highest BCUT2D eigenvalue weighted by molar-refractivity contribution is 7.86. The number of Topliss-reactive ketones (excluding diaryl/α,β-unsaturated/α-hetero) is 3. The predicted molar refractivity (Wildman–Crippen MR) is 530 cm³/mol. The summed E-state index contributed by atoms with van der Waals surface area (Å²) < 4.78 is 79.5. The minimum atomic E-state index is -3.77. The number of nitrogens with one attached hydrogen (secondary N) is 2. The number of aliphatic hydroxyl groups excluding tert-OH is 4. The van der Waals surface area contributed by atoms with Gasteiger partial charge in [-0.3, -0.25) is 37.7 Å². The normalized spacial score (nSPS) is 19.9. The van der Waals surface area contributed by atoms with E-state index < -0.39 is 22.3 Å². The van der Waals surface area contributed by atoms with Crippen LogP contribution < -0.4 is 24.7 Å². The Morgan fingerprint density at radius 3 is 1.07 bits per heavy atom. The summed E-state index contributed by atoms with van der Waals surface area (Å²) in [6.45, 7) is 22.2. The maximum Gasteiger partial charge on any atom is 0.302 e. The Morgan fingerprint density at radius 1 is 0.434 bits per heavy atom. The summed E-state index contributed by atoms with van der Waals surface area (Å²) in [5.41, 5.74) is 20.2. The molecule has 5 aliphatic carbocycles. The van der Waals surface area contributed by atoms with Crippen LogP contribution in [0.25, 0.3) is 0 Å². The van der Waals surface area contributed by atoms with Gasteiger partial charge in [-0.1, -0.05) is 151 Å². The summed E-state index contributed by atoms with van der Waals surface area (Å²) in [4.78, 5) is 80.0. The second kappa shape index (κ2) is 73.0. The molecule has 30 heteroatoms. The van der Waals surface area contributed by atoms with E-state index in [0.29, 0.717) is 81.1 Å². The number of nitrogens with two attached hydrogens (primary N) is 1. The lowest BCUT2D eigenvalue weighted by Gasteiger charge is -2.30. The maximum absolute atomic E-state index is 12.2. The number of phenolic OH excluding ortho intramolecular Hbond substituents is 1. The SMILES string of the molecule is C1CCOC1.CC(=O)O[C@@H]1CCCC[C@H]1COS(=O)(=O)c1ccc(C)cc1.CC(=O)O[C@@H]1CCCC[C@H]1COc1cccc([C@H](O)CCN)c1.CCCC(=O)c1cccc(O)c1.CCCC(=O)c1cccc(OC[C@@H]2CCCC[C@H]2O)c1.CCCC(=O)c1cccc(OC[C@@H]2CCCC[C@H]2OC(C)=O)c1.CCC[C@@H](O)c1cccc(OC[C@@H]2CCCC[C@H]2OC(C)=O)c1.CCO.CCl.N=N.O.[HH]. The van der Waals surface area contributed by atoms with Crippen LogP contribution in [-0.2, 0) is 57.2 Å². The van der Waals surface area contributed by atoms with Gasteiger partial charge in [0.1, 0.15) is 53.2 Å². The number of benzene rings is 6. The topological polar surface area (TPSA) is 452 Å². The smallest absolute Gasteiger partial charge is 0.302 e. The molecule has 1 aliphatic heterocycles. The van der Waals surface area contributed by atoms with Gasteiger partial charge in [-0.15, -0.1) is 11.6 Å². The van der Waals surface area contributed by atoms with Gasteiger partial charge in [0.2, 0.25) is 0 Å². The van der Waals surface area contributed by atoms with E-state index in [1.165, 1.54) is 71.5 Å². The van der Waals surface area contributed by atoms with E-state index in [0.717, 1.165) is 201 Å². The summed E-state index contributed by atoms with van der Waals surface area (Å²) in [6.07, 6.45) is 29.1. The van der Waals surface area contributed by atoms with Crippen molar-refractivity contribution in [2.24, 2.45) is 35.3 Å². The molecule has 6 fully saturated rings. The quantitative estimate of drug-likeness (QED) is 0.00457. The van der Waals surface area contributed by atoms with Crippen molar-refractivity contribution >= 4 is 62.9 Å². The van der Waals surface area contributed by atoms with Crippen LogP contribution in [0.4, 0.5) is 0 Å². The van der Waals surface area contributed by atoms with Crippen molar-refractivity contribution in [3.05, 3.63) is 179 Å². The largest absolute Gasteiger partial charge is 0.508 e. The number of ketones is 3. The molecule has 12 rings (SSSR count). The number of aromatic hydroxyl groups is 1. The van der Waals surface area contributed by atoms with Crippen molar-refractivity contribution in [3.63, 3.8) is 0 Å². The van der Waals surface area contributed by atoms with E-state index in [9.17, 15) is 57.3 Å². The van der Waals surface area contributed by atoms with Crippen molar-refractivity contribution in [1.29, 1.82) is 11.1 Å². The first-order valence-electron chi connectivity index (χ1n) is 48.5. The number of aryl methyl sites for hydroxylation is 1. The van der Waals surface area contributed by atoms with Gasteiger partial charge in [-0.25, -0.2) is 11.1 Å². The zero-order valence-electron chi connectivity index (χ0n) is 82.4. The Balaban J connectivity index is 0.000000805. The monoisotopic (exact) mass is 1940 g/mol. The van der Waals surface area contributed by atoms with Gasteiger partial charge in [0.15, 0.2) is 17.3 Å². The average Bonchev–Trinajstić information content (AvgIpc) is 0.908. The minimum Gasteiger partial charge on any atom is -0.508 e. The lowest BCUT2D eigenvalue weighted by atomic mass is 9.87. The molecule has 0 radical (unpaired) electrons. The summed E-state index contributed by atoms with van der Waals surface area (Å²) in [6, 6.07) is 42.8. The molecular formula is C106H162ClN3O25S. The van der Waals surface area contributed by atoms with Crippen molar-refractivity contribution in [2.75, 3.05) is 65.8 Å². The zero-order valence-corrected chi connectivity index (χ0v) is 84.0. The fraction of sp³-hybridized carbons (Fsp3) is 0.594.